The average Bonchev–Trinajstić information content (AvgIpc) is 2.29. The zero-order valence-electron chi connectivity index (χ0n) is 11.4. The number of nitrogens with zero attached hydrogens (tertiary/aromatic N) is 4. The molecule has 0 spiro atoms. The summed E-state index contributed by atoms with van der Waals surface area (Å²) in [5.41, 5.74) is 0. The largest absolute Gasteiger partial charge is 0.665 e. The summed E-state index contributed by atoms with van der Waals surface area (Å²) >= 11 is 0. The first kappa shape index (κ1) is 17.5. The van der Waals surface area contributed by atoms with Crippen LogP contribution in [-0.2, 0) is 19.5 Å². The Bertz CT molecular complexity index is 157. The number of hydrogen-bond acceptors (Lipinski definition) is 1. The molecule has 0 aromatic carbocycles. The van der Waals surface area contributed by atoms with E-state index in [1.807, 2.05) is 0 Å². The smallest absolute Gasteiger partial charge is 0.00628 e. The SMILES string of the molecule is CCC(C)N1CC[N-]CC[N-]CC[N-]CC1.[Zn]. The van der Waals surface area contributed by atoms with Crippen molar-refractivity contribution in [2.45, 2.75) is 26.3 Å². The number of rotatable bonds is 2. The van der Waals surface area contributed by atoms with Gasteiger partial charge in [-0.1, -0.05) is 6.92 Å². The van der Waals surface area contributed by atoms with Crippen molar-refractivity contribution in [2.24, 2.45) is 0 Å². The number of hydrogen-bond donors (Lipinski definition) is 0. The second-order valence-corrected chi connectivity index (χ2v) is 4.31. The topological polar surface area (TPSA) is 45.5 Å². The molecule has 1 unspecified atom stereocenters. The Morgan fingerprint density at radius 3 is 1.71 bits per heavy atom. The van der Waals surface area contributed by atoms with Crippen LogP contribution in [-0.4, -0.2) is 63.3 Å². The summed E-state index contributed by atoms with van der Waals surface area (Å²) in [7, 11) is 0. The van der Waals surface area contributed by atoms with E-state index in [1.165, 1.54) is 6.42 Å². The Balaban J connectivity index is 0.00000256. The Kier molecular flexibility index (Phi) is 11.9. The van der Waals surface area contributed by atoms with Crippen molar-refractivity contribution in [3.05, 3.63) is 16.0 Å². The molecular formula is C12H25N4Zn-3. The molecule has 1 aliphatic rings. The fourth-order valence-electron chi connectivity index (χ4n) is 1.83. The van der Waals surface area contributed by atoms with Gasteiger partial charge < -0.3 is 20.9 Å². The Morgan fingerprint density at radius 1 is 0.882 bits per heavy atom. The van der Waals surface area contributed by atoms with Crippen molar-refractivity contribution in [3.63, 3.8) is 0 Å². The molecule has 1 rings (SSSR count). The molecule has 0 N–H and O–H groups in total. The van der Waals surface area contributed by atoms with Crippen molar-refractivity contribution in [1.82, 2.24) is 4.90 Å². The van der Waals surface area contributed by atoms with Gasteiger partial charge in [-0.15, -0.1) is 13.1 Å². The molecule has 0 saturated carbocycles. The van der Waals surface area contributed by atoms with Crippen LogP contribution in [0.4, 0.5) is 0 Å². The molecule has 0 amide bonds. The van der Waals surface area contributed by atoms with Gasteiger partial charge in [0.05, 0.1) is 0 Å². The summed E-state index contributed by atoms with van der Waals surface area (Å²) in [6.45, 7) is 12.1. The minimum atomic E-state index is 0. The van der Waals surface area contributed by atoms with Gasteiger partial charge in [0.1, 0.15) is 0 Å². The van der Waals surface area contributed by atoms with Gasteiger partial charge in [-0.2, -0.15) is 26.2 Å². The fraction of sp³-hybridized carbons (Fsp3) is 1.00. The van der Waals surface area contributed by atoms with E-state index in [-0.39, 0.29) is 19.5 Å². The summed E-state index contributed by atoms with van der Waals surface area (Å²) in [6.07, 6.45) is 1.20. The van der Waals surface area contributed by atoms with Crippen LogP contribution in [0.5, 0.6) is 0 Å². The van der Waals surface area contributed by atoms with E-state index in [4.69, 9.17) is 0 Å². The molecule has 0 aliphatic carbocycles. The summed E-state index contributed by atoms with van der Waals surface area (Å²) in [5, 5.41) is 13.4. The summed E-state index contributed by atoms with van der Waals surface area (Å²) in [6, 6.07) is 0.651. The third-order valence-electron chi connectivity index (χ3n) is 3.14. The van der Waals surface area contributed by atoms with Gasteiger partial charge in [-0.25, -0.2) is 0 Å². The molecule has 17 heavy (non-hydrogen) atoms. The quantitative estimate of drug-likeness (QED) is 0.719. The molecule has 1 saturated heterocycles. The maximum atomic E-state index is 4.51. The first-order valence-electron chi connectivity index (χ1n) is 6.48. The van der Waals surface area contributed by atoms with E-state index in [0.717, 1.165) is 52.4 Å². The van der Waals surface area contributed by atoms with E-state index >= 15 is 0 Å². The van der Waals surface area contributed by atoms with Crippen LogP contribution in [0.15, 0.2) is 0 Å². The van der Waals surface area contributed by atoms with Gasteiger partial charge in [0.25, 0.3) is 0 Å². The molecule has 1 aliphatic heterocycles. The summed E-state index contributed by atoms with van der Waals surface area (Å²) < 4.78 is 0. The van der Waals surface area contributed by atoms with Gasteiger partial charge in [0, 0.05) is 25.5 Å². The Labute approximate surface area is 119 Å². The second-order valence-electron chi connectivity index (χ2n) is 4.31. The monoisotopic (exact) mass is 289 g/mol. The average molecular weight is 291 g/mol. The molecule has 0 aromatic rings. The minimum Gasteiger partial charge on any atom is -0.665 e. The van der Waals surface area contributed by atoms with E-state index in [2.05, 4.69) is 34.7 Å². The normalized spacial score (nSPS) is 22.9. The van der Waals surface area contributed by atoms with Crippen LogP contribution in [0.2, 0.25) is 0 Å². The Morgan fingerprint density at radius 2 is 1.29 bits per heavy atom. The van der Waals surface area contributed by atoms with E-state index in [9.17, 15) is 0 Å². The summed E-state index contributed by atoms with van der Waals surface area (Å²) in [5.74, 6) is 0. The van der Waals surface area contributed by atoms with Gasteiger partial charge in [0.2, 0.25) is 0 Å². The predicted octanol–water partition coefficient (Wildman–Crippen LogP) is 2.22. The van der Waals surface area contributed by atoms with Crippen LogP contribution < -0.4 is 0 Å². The third kappa shape index (κ3) is 8.22. The van der Waals surface area contributed by atoms with Crippen LogP contribution in [0, 0.1) is 0 Å². The minimum absolute atomic E-state index is 0. The van der Waals surface area contributed by atoms with Crippen molar-refractivity contribution < 1.29 is 19.5 Å². The maximum Gasteiger partial charge on any atom is 0.00628 e. The Hall–Kier alpha value is 0.463. The molecule has 1 atom stereocenters. The van der Waals surface area contributed by atoms with Gasteiger partial charge in [-0.05, 0) is 26.4 Å². The molecular weight excluding hydrogens is 266 g/mol. The van der Waals surface area contributed by atoms with Crippen LogP contribution >= 0.6 is 0 Å². The predicted molar refractivity (Wildman–Crippen MR) is 70.6 cm³/mol. The van der Waals surface area contributed by atoms with E-state index in [0.29, 0.717) is 6.04 Å². The molecule has 98 valence electrons. The molecule has 5 heteroatoms. The maximum absolute atomic E-state index is 4.51. The third-order valence-corrected chi connectivity index (χ3v) is 3.14. The molecule has 1 heterocycles. The van der Waals surface area contributed by atoms with Crippen molar-refractivity contribution >= 4 is 0 Å². The molecule has 0 radical (unpaired) electrons. The molecule has 0 aromatic heterocycles. The van der Waals surface area contributed by atoms with E-state index in [1.54, 1.807) is 0 Å². The molecule has 0 bridgehead atoms. The van der Waals surface area contributed by atoms with Crippen LogP contribution in [0.25, 0.3) is 16.0 Å². The van der Waals surface area contributed by atoms with Crippen molar-refractivity contribution in [3.8, 4) is 0 Å². The second kappa shape index (κ2) is 11.5. The van der Waals surface area contributed by atoms with Crippen LogP contribution in [0.3, 0.4) is 0 Å². The zero-order valence-corrected chi connectivity index (χ0v) is 14.4. The first-order chi connectivity index (χ1) is 7.84. The fourth-order valence-corrected chi connectivity index (χ4v) is 1.83. The van der Waals surface area contributed by atoms with Gasteiger partial charge >= 0.3 is 0 Å². The van der Waals surface area contributed by atoms with Gasteiger partial charge in [0.15, 0.2) is 0 Å². The standard InChI is InChI=1S/C12H25N4.Zn/c1-3-12(2)16-10-8-14-6-4-13-5-7-15-9-11-16;/h12H,3-11H2,1-2H3;/q-3;. The molecule has 4 nitrogen and oxygen atoms in total. The zero-order chi connectivity index (χ0) is 11.6. The van der Waals surface area contributed by atoms with Crippen molar-refractivity contribution in [2.75, 3.05) is 52.4 Å². The van der Waals surface area contributed by atoms with Crippen LogP contribution in [0.1, 0.15) is 20.3 Å². The summed E-state index contributed by atoms with van der Waals surface area (Å²) in [4.78, 5) is 2.51. The first-order valence-corrected chi connectivity index (χ1v) is 6.48. The molecule has 1 fully saturated rings. The van der Waals surface area contributed by atoms with E-state index < -0.39 is 0 Å². The van der Waals surface area contributed by atoms with Gasteiger partial charge in [-0.3, -0.25) is 0 Å². The van der Waals surface area contributed by atoms with Crippen molar-refractivity contribution in [1.29, 1.82) is 0 Å².